The summed E-state index contributed by atoms with van der Waals surface area (Å²) in [5.74, 6) is -0.0316. The van der Waals surface area contributed by atoms with Gasteiger partial charge in [-0.1, -0.05) is 49.2 Å². The molecule has 2 rings (SSSR count). The third kappa shape index (κ3) is 4.20. The van der Waals surface area contributed by atoms with Crippen molar-refractivity contribution in [3.05, 3.63) is 68.8 Å². The highest BCUT2D eigenvalue weighted by atomic mass is 31.2. The molecule has 2 aromatic rings. The lowest BCUT2D eigenvalue weighted by Crippen LogP contribution is -2.19. The van der Waals surface area contributed by atoms with E-state index in [2.05, 4.69) is 0 Å². The van der Waals surface area contributed by atoms with Gasteiger partial charge in [0.15, 0.2) is 0 Å². The van der Waals surface area contributed by atoms with Crippen LogP contribution in [0.5, 0.6) is 0 Å². The average Bonchev–Trinajstić information content (AvgIpc) is 2.51. The summed E-state index contributed by atoms with van der Waals surface area (Å²) in [6.07, 6.45) is 0.0875. The summed E-state index contributed by atoms with van der Waals surface area (Å²) in [5.41, 5.74) is 5.06. The Kier molecular flexibility index (Phi) is 6.51. The van der Waals surface area contributed by atoms with E-state index >= 15 is 0 Å². The van der Waals surface area contributed by atoms with Crippen LogP contribution in [0.25, 0.3) is 0 Å². The fraction of sp³-hybridized carbons (Fsp3) is 0.417. The number of carbonyl (C=O) groups is 2. The second kappa shape index (κ2) is 8.17. The molecular weight excluding hydrogens is 367 g/mol. The van der Waals surface area contributed by atoms with Gasteiger partial charge in [0, 0.05) is 17.3 Å². The van der Waals surface area contributed by atoms with Crippen LogP contribution in [0.4, 0.5) is 0 Å². The number of benzene rings is 2. The maximum atomic E-state index is 14.1. The van der Waals surface area contributed by atoms with E-state index in [1.807, 2.05) is 79.7 Å². The average molecular weight is 398 g/mol. The van der Waals surface area contributed by atoms with Crippen molar-refractivity contribution in [2.24, 2.45) is 5.92 Å². The highest BCUT2D eigenvalue weighted by Gasteiger charge is 2.43. The molecule has 0 amide bonds. The molecule has 0 aliphatic heterocycles. The number of carbonyl (C=O) groups excluding carboxylic acids is 2. The van der Waals surface area contributed by atoms with Gasteiger partial charge >= 0.3 is 0 Å². The maximum Gasteiger partial charge on any atom is 0.229 e. The molecule has 0 spiro atoms. The minimum absolute atomic E-state index is 0.0316. The summed E-state index contributed by atoms with van der Waals surface area (Å²) >= 11 is 0. The first-order chi connectivity index (χ1) is 12.9. The van der Waals surface area contributed by atoms with Crippen LogP contribution in [-0.2, 0) is 4.57 Å². The van der Waals surface area contributed by atoms with Gasteiger partial charge in [0.25, 0.3) is 0 Å². The highest BCUT2D eigenvalue weighted by Crippen LogP contribution is 2.54. The fourth-order valence-electron chi connectivity index (χ4n) is 4.17. The molecule has 3 nitrogen and oxygen atoms in total. The number of aryl methyl sites for hydroxylation is 6. The van der Waals surface area contributed by atoms with E-state index < -0.39 is 18.2 Å². The van der Waals surface area contributed by atoms with E-state index in [9.17, 15) is 14.2 Å². The molecule has 0 aromatic heterocycles. The van der Waals surface area contributed by atoms with Crippen LogP contribution in [0.1, 0.15) is 67.9 Å². The fourth-order valence-corrected chi connectivity index (χ4v) is 7.14. The normalized spacial score (nSPS) is 11.8. The zero-order valence-corrected chi connectivity index (χ0v) is 19.2. The molecule has 0 atom stereocenters. The predicted octanol–water partition coefficient (Wildman–Crippen LogP) is 6.54. The Labute approximate surface area is 168 Å². The van der Waals surface area contributed by atoms with Gasteiger partial charge in [-0.2, -0.15) is 0 Å². The third-order valence-corrected chi connectivity index (χ3v) is 8.06. The number of hydrogen-bond acceptors (Lipinski definition) is 3. The van der Waals surface area contributed by atoms with E-state index in [0.717, 1.165) is 33.4 Å². The Morgan fingerprint density at radius 2 is 1.00 bits per heavy atom. The molecule has 0 aliphatic carbocycles. The minimum atomic E-state index is -3.82. The number of hydrogen-bond donors (Lipinski definition) is 0. The molecule has 4 heteroatoms. The number of rotatable bonds is 6. The molecule has 0 N–H and O–H groups in total. The topological polar surface area (TPSA) is 51.2 Å². The molecule has 28 heavy (non-hydrogen) atoms. The van der Waals surface area contributed by atoms with Crippen molar-refractivity contribution in [2.75, 3.05) is 6.16 Å². The summed E-state index contributed by atoms with van der Waals surface area (Å²) in [7, 11) is -3.82. The molecule has 0 saturated heterocycles. The van der Waals surface area contributed by atoms with E-state index in [4.69, 9.17) is 0 Å². The Morgan fingerprint density at radius 1 is 0.714 bits per heavy atom. The van der Waals surface area contributed by atoms with Crippen molar-refractivity contribution in [2.45, 2.75) is 55.4 Å². The van der Waals surface area contributed by atoms with Crippen LogP contribution in [0, 0.1) is 47.5 Å². The van der Waals surface area contributed by atoms with Crippen molar-refractivity contribution < 1.29 is 14.2 Å². The molecule has 0 fully saturated rings. The highest BCUT2D eigenvalue weighted by molar-refractivity contribution is 7.95. The monoisotopic (exact) mass is 398 g/mol. The van der Waals surface area contributed by atoms with Crippen molar-refractivity contribution >= 4 is 18.2 Å². The molecular formula is C24H31O3P. The van der Waals surface area contributed by atoms with E-state index in [0.29, 0.717) is 11.1 Å². The summed E-state index contributed by atoms with van der Waals surface area (Å²) < 4.78 is 14.1. The Balaban J connectivity index is 2.71. The second-order valence-corrected chi connectivity index (χ2v) is 11.1. The van der Waals surface area contributed by atoms with Crippen molar-refractivity contribution in [3.63, 3.8) is 0 Å². The second-order valence-electron chi connectivity index (χ2n) is 8.47. The van der Waals surface area contributed by atoms with Gasteiger partial charge in [-0.25, -0.2) is 0 Å². The lowest BCUT2D eigenvalue weighted by molar-refractivity contribution is 0.103. The van der Waals surface area contributed by atoms with E-state index in [1.165, 1.54) is 0 Å². The van der Waals surface area contributed by atoms with Gasteiger partial charge in [-0.15, -0.1) is 0 Å². The molecule has 150 valence electrons. The molecule has 0 saturated carbocycles. The summed E-state index contributed by atoms with van der Waals surface area (Å²) in [6.45, 7) is 15.1. The van der Waals surface area contributed by atoms with Crippen molar-refractivity contribution in [1.82, 2.24) is 0 Å². The Hall–Kier alpha value is -1.99. The van der Waals surface area contributed by atoms with Crippen LogP contribution in [0.15, 0.2) is 24.3 Å². The molecule has 0 unspecified atom stereocenters. The molecule has 2 aromatic carbocycles. The SMILES string of the molecule is Cc1cc(C)c(C(=O)P(=O)(CC(C)C)C(=O)c2c(C)cc(C)cc2C)c(C)c1. The first kappa shape index (κ1) is 22.3. The van der Waals surface area contributed by atoms with Crippen molar-refractivity contribution in [1.29, 1.82) is 0 Å². The Bertz CT molecular complexity index is 879. The van der Waals surface area contributed by atoms with Crippen LogP contribution < -0.4 is 0 Å². The maximum absolute atomic E-state index is 14.1. The zero-order chi connectivity index (χ0) is 21.4. The van der Waals surface area contributed by atoms with Gasteiger partial charge in [-0.3, -0.25) is 9.59 Å². The van der Waals surface area contributed by atoms with E-state index in [1.54, 1.807) is 0 Å². The smallest absolute Gasteiger partial charge is 0.229 e. The molecule has 0 bridgehead atoms. The van der Waals surface area contributed by atoms with Gasteiger partial charge in [-0.05, 0) is 69.7 Å². The van der Waals surface area contributed by atoms with Crippen molar-refractivity contribution in [3.8, 4) is 0 Å². The standard InChI is InChI=1S/C24H31O3P/c1-14(2)13-28(27,23(25)21-17(5)9-15(3)10-18(21)6)24(26)22-19(7)11-16(4)12-20(22)8/h9-12,14H,13H2,1-8H3. The first-order valence-electron chi connectivity index (χ1n) is 9.73. The van der Waals surface area contributed by atoms with Gasteiger partial charge in [0.1, 0.15) is 0 Å². The summed E-state index contributed by atoms with van der Waals surface area (Å²) in [6, 6.07) is 7.64. The lowest BCUT2D eigenvalue weighted by atomic mass is 10.0. The van der Waals surface area contributed by atoms with Gasteiger partial charge in [0.05, 0.1) is 0 Å². The van der Waals surface area contributed by atoms with Crippen LogP contribution in [0.3, 0.4) is 0 Å². The van der Waals surface area contributed by atoms with E-state index in [-0.39, 0.29) is 12.1 Å². The van der Waals surface area contributed by atoms with Gasteiger partial charge < -0.3 is 4.57 Å². The Morgan fingerprint density at radius 3 is 1.25 bits per heavy atom. The predicted molar refractivity (Wildman–Crippen MR) is 117 cm³/mol. The largest absolute Gasteiger partial charge is 0.307 e. The molecule has 0 aliphatic rings. The first-order valence-corrected chi connectivity index (χ1v) is 11.6. The van der Waals surface area contributed by atoms with Crippen LogP contribution >= 0.6 is 7.14 Å². The third-order valence-electron chi connectivity index (χ3n) is 5.06. The molecule has 0 heterocycles. The van der Waals surface area contributed by atoms with Crippen LogP contribution in [-0.4, -0.2) is 17.2 Å². The summed E-state index contributed by atoms with van der Waals surface area (Å²) in [4.78, 5) is 27.2. The molecule has 0 radical (unpaired) electrons. The zero-order valence-electron chi connectivity index (χ0n) is 18.3. The lowest BCUT2D eigenvalue weighted by Gasteiger charge is -2.22. The quantitative estimate of drug-likeness (QED) is 0.519. The summed E-state index contributed by atoms with van der Waals surface area (Å²) in [5, 5.41) is 0. The van der Waals surface area contributed by atoms with Crippen LogP contribution in [0.2, 0.25) is 0 Å². The van der Waals surface area contributed by atoms with Gasteiger partial charge in [0.2, 0.25) is 18.2 Å². The minimum Gasteiger partial charge on any atom is -0.307 e.